The molecule has 0 radical (unpaired) electrons. The summed E-state index contributed by atoms with van der Waals surface area (Å²) in [5.74, 6) is 4.81. The average Bonchev–Trinajstić information content (AvgIpc) is 2.05. The summed E-state index contributed by atoms with van der Waals surface area (Å²) in [6.45, 7) is 2.04. The molecule has 12 heavy (non-hydrogen) atoms. The molecule has 0 aliphatic carbocycles. The normalized spacial score (nSPS) is 14.1. The van der Waals surface area contributed by atoms with Gasteiger partial charge in [-0.2, -0.15) is 4.99 Å². The lowest BCUT2D eigenvalue weighted by atomic mass is 10.4. The van der Waals surface area contributed by atoms with Crippen molar-refractivity contribution in [3.8, 4) is 0 Å². The van der Waals surface area contributed by atoms with Crippen molar-refractivity contribution in [3.63, 3.8) is 0 Å². The molecule has 0 saturated heterocycles. The highest BCUT2D eigenvalue weighted by atomic mass is 15.2. The summed E-state index contributed by atoms with van der Waals surface area (Å²) in [7, 11) is 0. The lowest BCUT2D eigenvalue weighted by Crippen LogP contribution is -2.18. The van der Waals surface area contributed by atoms with E-state index in [1.54, 1.807) is 6.21 Å². The maximum absolute atomic E-state index is 5.33. The van der Waals surface area contributed by atoms with Gasteiger partial charge in [-0.1, -0.05) is 13.3 Å². The Morgan fingerprint density at radius 2 is 2.00 bits per heavy atom. The van der Waals surface area contributed by atoms with Crippen LogP contribution in [0.15, 0.2) is 15.1 Å². The van der Waals surface area contributed by atoms with Crippen molar-refractivity contribution in [3.05, 3.63) is 0 Å². The van der Waals surface area contributed by atoms with Crippen molar-refractivity contribution in [2.75, 3.05) is 0 Å². The third kappa shape index (κ3) is 5.21. The van der Waals surface area contributed by atoms with E-state index in [0.717, 1.165) is 12.8 Å². The minimum Gasteiger partial charge on any atom is -0.368 e. The van der Waals surface area contributed by atoms with Crippen molar-refractivity contribution in [1.82, 2.24) is 0 Å². The maximum Gasteiger partial charge on any atom is 0.240 e. The topological polar surface area (TPSA) is 115 Å². The number of hydrogen-bond donors (Lipinski definition) is 3. The molecule has 0 fully saturated rings. The second-order valence-electron chi connectivity index (χ2n) is 2.06. The summed E-state index contributed by atoms with van der Waals surface area (Å²) in [5, 5.41) is 3.11. The SMILES string of the molecule is CCC/C=N/C(N)=N\C(N)=N\N. The van der Waals surface area contributed by atoms with Crippen LogP contribution in [0.3, 0.4) is 0 Å². The number of hydrogen-bond acceptors (Lipinski definition) is 2. The lowest BCUT2D eigenvalue weighted by Gasteiger charge is -1.90. The van der Waals surface area contributed by atoms with Gasteiger partial charge in [-0.05, 0) is 6.42 Å². The van der Waals surface area contributed by atoms with Crippen LogP contribution >= 0.6 is 0 Å². The molecule has 0 aromatic heterocycles. The molecular formula is C6H14N6. The highest BCUT2D eigenvalue weighted by Crippen LogP contribution is 1.81. The Kier molecular flexibility index (Phi) is 5.33. The van der Waals surface area contributed by atoms with Gasteiger partial charge in [-0.25, -0.2) is 4.99 Å². The fraction of sp³-hybridized carbons (Fsp3) is 0.500. The summed E-state index contributed by atoms with van der Waals surface area (Å²) < 4.78 is 0. The number of nitrogens with two attached hydrogens (primary N) is 3. The Bertz CT molecular complexity index is 204. The molecule has 0 aromatic rings. The van der Waals surface area contributed by atoms with E-state index in [1.165, 1.54) is 0 Å². The van der Waals surface area contributed by atoms with E-state index in [0.29, 0.717) is 0 Å². The number of nitrogens with zero attached hydrogens (tertiary/aromatic N) is 3. The zero-order valence-corrected chi connectivity index (χ0v) is 7.07. The number of guanidine groups is 2. The second kappa shape index (κ2) is 6.14. The first-order chi connectivity index (χ1) is 5.70. The van der Waals surface area contributed by atoms with Gasteiger partial charge in [-0.15, -0.1) is 5.10 Å². The first kappa shape index (κ1) is 10.4. The Hall–Kier alpha value is -1.59. The maximum atomic E-state index is 5.33. The summed E-state index contributed by atoms with van der Waals surface area (Å²) in [6.07, 6.45) is 3.54. The van der Waals surface area contributed by atoms with Gasteiger partial charge in [0.1, 0.15) is 0 Å². The van der Waals surface area contributed by atoms with Crippen LogP contribution in [0, 0.1) is 0 Å². The van der Waals surface area contributed by atoms with Crippen LogP contribution in [0.25, 0.3) is 0 Å². The standard InChI is InChI=1S/C6H14N6/c1-2-3-4-10-5(7)11-6(8)12-9/h4H,2-3,9H2,1H3,(H4,7,8,11,12)/b10-4+. The molecule has 6 nitrogen and oxygen atoms in total. The van der Waals surface area contributed by atoms with Crippen molar-refractivity contribution < 1.29 is 0 Å². The molecule has 0 spiro atoms. The van der Waals surface area contributed by atoms with Crippen LogP contribution in [0.5, 0.6) is 0 Å². The van der Waals surface area contributed by atoms with E-state index in [4.69, 9.17) is 17.3 Å². The molecule has 68 valence electrons. The molecule has 0 saturated carbocycles. The van der Waals surface area contributed by atoms with E-state index < -0.39 is 0 Å². The van der Waals surface area contributed by atoms with Crippen molar-refractivity contribution >= 4 is 18.1 Å². The smallest absolute Gasteiger partial charge is 0.240 e. The third-order valence-corrected chi connectivity index (χ3v) is 1.00. The molecule has 6 heteroatoms. The Balaban J connectivity index is 4.02. The Labute approximate surface area is 71.2 Å². The van der Waals surface area contributed by atoms with Crippen LogP contribution in [-0.2, 0) is 0 Å². The average molecular weight is 170 g/mol. The summed E-state index contributed by atoms with van der Waals surface area (Å²) in [6, 6.07) is 0. The fourth-order valence-electron chi connectivity index (χ4n) is 0.462. The zero-order chi connectivity index (χ0) is 9.40. The first-order valence-corrected chi connectivity index (χ1v) is 3.60. The van der Waals surface area contributed by atoms with E-state index in [-0.39, 0.29) is 11.9 Å². The molecule has 0 aliphatic heterocycles. The summed E-state index contributed by atoms with van der Waals surface area (Å²) in [4.78, 5) is 7.35. The van der Waals surface area contributed by atoms with Gasteiger partial charge in [0.2, 0.25) is 11.9 Å². The third-order valence-electron chi connectivity index (χ3n) is 1.00. The van der Waals surface area contributed by atoms with E-state index in [1.807, 2.05) is 6.92 Å². The first-order valence-electron chi connectivity index (χ1n) is 3.60. The van der Waals surface area contributed by atoms with Gasteiger partial charge in [0.05, 0.1) is 0 Å². The van der Waals surface area contributed by atoms with E-state index in [2.05, 4.69) is 15.1 Å². The predicted octanol–water partition coefficient (Wildman–Crippen LogP) is -0.640. The van der Waals surface area contributed by atoms with Gasteiger partial charge in [0.15, 0.2) is 0 Å². The second-order valence-corrected chi connectivity index (χ2v) is 2.06. The van der Waals surface area contributed by atoms with Gasteiger partial charge in [-0.3, -0.25) is 0 Å². The summed E-state index contributed by atoms with van der Waals surface area (Å²) >= 11 is 0. The number of aliphatic imine (C=N–C) groups is 2. The molecule has 6 N–H and O–H groups in total. The molecule has 0 atom stereocenters. The van der Waals surface area contributed by atoms with Crippen LogP contribution in [0.1, 0.15) is 19.8 Å². The molecule has 0 rings (SSSR count). The molecular weight excluding hydrogens is 156 g/mol. The molecule has 0 amide bonds. The fourth-order valence-corrected chi connectivity index (χ4v) is 0.462. The van der Waals surface area contributed by atoms with Crippen LogP contribution in [0.2, 0.25) is 0 Å². The van der Waals surface area contributed by atoms with Crippen LogP contribution in [0.4, 0.5) is 0 Å². The van der Waals surface area contributed by atoms with Gasteiger partial charge >= 0.3 is 0 Å². The minimum absolute atomic E-state index is 0.0650. The van der Waals surface area contributed by atoms with E-state index >= 15 is 0 Å². The molecule has 0 heterocycles. The van der Waals surface area contributed by atoms with E-state index in [9.17, 15) is 0 Å². The quantitative estimate of drug-likeness (QED) is 0.221. The van der Waals surface area contributed by atoms with Gasteiger partial charge < -0.3 is 17.3 Å². The minimum atomic E-state index is -0.0823. The van der Waals surface area contributed by atoms with Crippen molar-refractivity contribution in [1.29, 1.82) is 0 Å². The van der Waals surface area contributed by atoms with Crippen molar-refractivity contribution in [2.45, 2.75) is 19.8 Å². The molecule has 0 aliphatic rings. The highest BCUT2D eigenvalue weighted by Gasteiger charge is 1.87. The molecule has 0 bridgehead atoms. The van der Waals surface area contributed by atoms with Crippen molar-refractivity contribution in [2.24, 2.45) is 32.4 Å². The number of hydrazone groups is 1. The van der Waals surface area contributed by atoms with Gasteiger partial charge in [0.25, 0.3) is 0 Å². The summed E-state index contributed by atoms with van der Waals surface area (Å²) in [5.41, 5.74) is 10.5. The van der Waals surface area contributed by atoms with Crippen LogP contribution < -0.4 is 17.3 Å². The predicted molar refractivity (Wildman–Crippen MR) is 50.8 cm³/mol. The Morgan fingerprint density at radius 3 is 2.50 bits per heavy atom. The number of unbranched alkanes of at least 4 members (excludes halogenated alkanes) is 1. The largest absolute Gasteiger partial charge is 0.368 e. The zero-order valence-electron chi connectivity index (χ0n) is 7.07. The molecule has 0 aromatic carbocycles. The Morgan fingerprint density at radius 1 is 1.33 bits per heavy atom. The molecule has 0 unspecified atom stereocenters. The number of rotatable bonds is 2. The van der Waals surface area contributed by atoms with Crippen LogP contribution in [-0.4, -0.2) is 18.1 Å². The van der Waals surface area contributed by atoms with Gasteiger partial charge in [0, 0.05) is 6.21 Å². The lowest BCUT2D eigenvalue weighted by molar-refractivity contribution is 1.01. The highest BCUT2D eigenvalue weighted by molar-refractivity contribution is 5.96. The monoisotopic (exact) mass is 170 g/mol.